The summed E-state index contributed by atoms with van der Waals surface area (Å²) in [7, 11) is 0. The van der Waals surface area contributed by atoms with E-state index in [4.69, 9.17) is 4.98 Å². The zero-order valence-electron chi connectivity index (χ0n) is 14.1. The third kappa shape index (κ3) is 1.60. The van der Waals surface area contributed by atoms with Gasteiger partial charge in [-0.15, -0.1) is 0 Å². The Hall–Kier alpha value is -2.74. The van der Waals surface area contributed by atoms with Crippen molar-refractivity contribution in [1.82, 2.24) is 9.97 Å². The molecule has 0 atom stereocenters. The van der Waals surface area contributed by atoms with Crippen LogP contribution in [0.1, 0.15) is 30.5 Å². The van der Waals surface area contributed by atoms with Gasteiger partial charge in [0.25, 0.3) is 0 Å². The summed E-state index contributed by atoms with van der Waals surface area (Å²) in [6, 6.07) is 17.4. The third-order valence-corrected chi connectivity index (χ3v) is 5.42. The Balaban J connectivity index is 2.02. The van der Waals surface area contributed by atoms with Crippen LogP contribution in [-0.4, -0.2) is 9.97 Å². The molecule has 24 heavy (non-hydrogen) atoms. The summed E-state index contributed by atoms with van der Waals surface area (Å²) >= 11 is 0. The number of rotatable bonds is 0. The molecule has 2 heteroatoms. The average Bonchev–Trinajstić information content (AvgIpc) is 2.59. The largest absolute Gasteiger partial charge is 0.255 e. The fourth-order valence-electron chi connectivity index (χ4n) is 4.09. The second kappa shape index (κ2) is 4.41. The molecule has 2 aromatic carbocycles. The summed E-state index contributed by atoms with van der Waals surface area (Å²) in [5, 5.41) is 2.62. The molecule has 1 aliphatic rings. The molecule has 0 spiro atoms. The van der Waals surface area contributed by atoms with Gasteiger partial charge in [0.15, 0.2) is 0 Å². The first kappa shape index (κ1) is 13.7. The third-order valence-electron chi connectivity index (χ3n) is 5.42. The lowest BCUT2D eigenvalue weighted by Crippen LogP contribution is -2.24. The van der Waals surface area contributed by atoms with Gasteiger partial charge < -0.3 is 0 Å². The van der Waals surface area contributed by atoms with Crippen LogP contribution in [0.4, 0.5) is 0 Å². The van der Waals surface area contributed by atoms with Crippen LogP contribution in [0.2, 0.25) is 0 Å². The van der Waals surface area contributed by atoms with Gasteiger partial charge in [0.1, 0.15) is 0 Å². The van der Waals surface area contributed by atoms with Gasteiger partial charge in [0.2, 0.25) is 0 Å². The lowest BCUT2D eigenvalue weighted by atomic mass is 9.70. The van der Waals surface area contributed by atoms with Crippen molar-refractivity contribution in [1.29, 1.82) is 0 Å². The predicted molar refractivity (Wildman–Crippen MR) is 99.3 cm³/mol. The summed E-state index contributed by atoms with van der Waals surface area (Å²) in [6.07, 6.45) is 1.87. The maximum absolute atomic E-state index is 5.07. The van der Waals surface area contributed by atoms with Gasteiger partial charge in [-0.1, -0.05) is 50.2 Å². The van der Waals surface area contributed by atoms with E-state index in [1.807, 2.05) is 12.3 Å². The molecular formula is C22H18N2. The summed E-state index contributed by atoms with van der Waals surface area (Å²) < 4.78 is 0. The smallest absolute Gasteiger partial charge is 0.0923 e. The van der Waals surface area contributed by atoms with Crippen LogP contribution in [0.25, 0.3) is 33.1 Å². The minimum atomic E-state index is -0.0875. The van der Waals surface area contributed by atoms with E-state index in [-0.39, 0.29) is 5.41 Å². The molecule has 2 aromatic heterocycles. The molecule has 0 fully saturated rings. The average molecular weight is 310 g/mol. The van der Waals surface area contributed by atoms with E-state index in [1.165, 1.54) is 33.0 Å². The fraction of sp³-hybridized carbons (Fsp3) is 0.182. The summed E-state index contributed by atoms with van der Waals surface area (Å²) in [5.41, 5.74) is 8.05. The highest BCUT2D eigenvalue weighted by atomic mass is 14.8. The molecule has 0 unspecified atom stereocenters. The minimum absolute atomic E-state index is 0.0875. The first-order valence-electron chi connectivity index (χ1n) is 8.37. The molecule has 2 nitrogen and oxygen atoms in total. The molecule has 0 radical (unpaired) electrons. The van der Waals surface area contributed by atoms with Crippen LogP contribution in [0.3, 0.4) is 0 Å². The number of nitrogens with zero attached hydrogens (tertiary/aromatic N) is 2. The highest BCUT2D eigenvalue weighted by Crippen LogP contribution is 2.48. The van der Waals surface area contributed by atoms with E-state index < -0.39 is 0 Å². The van der Waals surface area contributed by atoms with Crippen molar-refractivity contribution in [3.05, 3.63) is 71.4 Å². The maximum Gasteiger partial charge on any atom is 0.0923 e. The molecule has 0 amide bonds. The van der Waals surface area contributed by atoms with E-state index in [0.29, 0.717) is 0 Å². The molecule has 2 heterocycles. The van der Waals surface area contributed by atoms with Crippen LogP contribution < -0.4 is 0 Å². The van der Waals surface area contributed by atoms with E-state index in [0.717, 1.165) is 16.7 Å². The Bertz CT molecular complexity index is 1130. The molecule has 116 valence electrons. The number of benzene rings is 2. The number of aryl methyl sites for hydroxylation is 1. The van der Waals surface area contributed by atoms with Crippen LogP contribution >= 0.6 is 0 Å². The Labute approximate surface area is 141 Å². The molecule has 0 aliphatic heterocycles. The van der Waals surface area contributed by atoms with Crippen molar-refractivity contribution in [2.45, 2.75) is 26.2 Å². The van der Waals surface area contributed by atoms with Crippen molar-refractivity contribution in [3.8, 4) is 11.3 Å². The molecule has 1 aliphatic carbocycles. The van der Waals surface area contributed by atoms with Crippen LogP contribution in [0, 0.1) is 6.92 Å². The summed E-state index contributed by atoms with van der Waals surface area (Å²) in [6.45, 7) is 6.69. The second-order valence-corrected chi connectivity index (χ2v) is 7.21. The Morgan fingerprint density at radius 3 is 2.54 bits per heavy atom. The zero-order chi connectivity index (χ0) is 16.5. The second-order valence-electron chi connectivity index (χ2n) is 7.21. The Kier molecular flexibility index (Phi) is 2.52. The first-order chi connectivity index (χ1) is 11.6. The minimum Gasteiger partial charge on any atom is -0.255 e. The van der Waals surface area contributed by atoms with Crippen molar-refractivity contribution in [3.63, 3.8) is 0 Å². The number of pyridine rings is 2. The monoisotopic (exact) mass is 310 g/mol. The van der Waals surface area contributed by atoms with Gasteiger partial charge in [-0.2, -0.15) is 0 Å². The quantitative estimate of drug-likeness (QED) is 0.435. The number of hydrogen-bond acceptors (Lipinski definition) is 2. The van der Waals surface area contributed by atoms with Gasteiger partial charge in [-0.3, -0.25) is 4.98 Å². The molecule has 5 rings (SSSR count). The molecule has 4 aromatic rings. The SMILES string of the molecule is Cc1ccnc2cc3c(nc12)-c1cccc2cccc(c12)C3(C)C. The molecular weight excluding hydrogens is 292 g/mol. The van der Waals surface area contributed by atoms with E-state index in [9.17, 15) is 0 Å². The normalized spacial score (nSPS) is 14.8. The standard InChI is InChI=1S/C22H18N2/c1-13-10-11-23-18-12-17-21(24-20(13)18)15-8-4-6-14-7-5-9-16(19(14)15)22(17,2)3/h4-12H,1-3H3. The van der Waals surface area contributed by atoms with Crippen molar-refractivity contribution < 1.29 is 0 Å². The van der Waals surface area contributed by atoms with Gasteiger partial charge in [0, 0.05) is 17.2 Å². The molecule has 0 N–H and O–H groups in total. The van der Waals surface area contributed by atoms with E-state index in [2.05, 4.69) is 68.2 Å². The van der Waals surface area contributed by atoms with Crippen LogP contribution in [-0.2, 0) is 5.41 Å². The van der Waals surface area contributed by atoms with Gasteiger partial charge in [-0.25, -0.2) is 4.98 Å². The van der Waals surface area contributed by atoms with Gasteiger partial charge in [0.05, 0.1) is 16.7 Å². The number of hydrogen-bond donors (Lipinski definition) is 0. The topological polar surface area (TPSA) is 25.8 Å². The zero-order valence-corrected chi connectivity index (χ0v) is 14.1. The summed E-state index contributed by atoms with van der Waals surface area (Å²) in [5.74, 6) is 0. The van der Waals surface area contributed by atoms with E-state index >= 15 is 0 Å². The van der Waals surface area contributed by atoms with Crippen molar-refractivity contribution in [2.24, 2.45) is 0 Å². The number of fused-ring (bicyclic) bond motifs is 3. The van der Waals surface area contributed by atoms with Gasteiger partial charge >= 0.3 is 0 Å². The first-order valence-corrected chi connectivity index (χ1v) is 8.37. The van der Waals surface area contributed by atoms with Crippen molar-refractivity contribution in [2.75, 3.05) is 0 Å². The molecule has 0 bridgehead atoms. The highest BCUT2D eigenvalue weighted by molar-refractivity contribution is 6.03. The van der Waals surface area contributed by atoms with Gasteiger partial charge in [-0.05, 0) is 46.5 Å². The number of aromatic nitrogens is 2. The molecule has 0 saturated carbocycles. The van der Waals surface area contributed by atoms with Crippen LogP contribution in [0.5, 0.6) is 0 Å². The Morgan fingerprint density at radius 1 is 0.917 bits per heavy atom. The highest BCUT2D eigenvalue weighted by Gasteiger charge is 2.34. The predicted octanol–water partition coefficient (Wildman–Crippen LogP) is 5.40. The van der Waals surface area contributed by atoms with Crippen LogP contribution in [0.15, 0.2) is 54.7 Å². The lowest BCUT2D eigenvalue weighted by molar-refractivity contribution is 0.643. The molecule has 0 saturated heterocycles. The summed E-state index contributed by atoms with van der Waals surface area (Å²) in [4.78, 5) is 9.63. The lowest BCUT2D eigenvalue weighted by Gasteiger charge is -2.34. The maximum atomic E-state index is 5.07. The van der Waals surface area contributed by atoms with Crippen molar-refractivity contribution >= 4 is 21.8 Å². The van der Waals surface area contributed by atoms with E-state index in [1.54, 1.807) is 0 Å². The Morgan fingerprint density at radius 2 is 1.71 bits per heavy atom. The fourth-order valence-corrected chi connectivity index (χ4v) is 4.09.